The number of nitrogens with zero attached hydrogens (tertiary/aromatic N) is 2. The van der Waals surface area contributed by atoms with E-state index < -0.39 is 0 Å². The molecule has 0 N–H and O–H groups in total. The Kier molecular flexibility index (Phi) is 4.99. The maximum Gasteiger partial charge on any atom is 0.246 e. The lowest BCUT2D eigenvalue weighted by Gasteiger charge is -2.35. The molecule has 20 heavy (non-hydrogen) atoms. The molecular formula is C17H22N2O. The zero-order chi connectivity index (χ0) is 14.4. The van der Waals surface area contributed by atoms with Crippen LogP contribution in [0.5, 0.6) is 0 Å². The smallest absolute Gasteiger partial charge is 0.246 e. The van der Waals surface area contributed by atoms with Crippen LogP contribution >= 0.6 is 0 Å². The summed E-state index contributed by atoms with van der Waals surface area (Å²) in [7, 11) is 0. The molecule has 1 aliphatic rings. The summed E-state index contributed by atoms with van der Waals surface area (Å²) in [6, 6.07) is 8.52. The van der Waals surface area contributed by atoms with Gasteiger partial charge in [0.1, 0.15) is 0 Å². The Balaban J connectivity index is 1.91. The lowest BCUT2D eigenvalue weighted by molar-refractivity contribution is -0.126. The van der Waals surface area contributed by atoms with Gasteiger partial charge in [0.25, 0.3) is 0 Å². The number of aryl methyl sites for hydroxylation is 1. The minimum atomic E-state index is 0.104. The lowest BCUT2D eigenvalue weighted by Crippen LogP contribution is -2.48. The SMILES string of the molecule is C/C=C/C=C/C(=O)N1CCN(c2cccc(C)c2)CC1. The molecule has 0 radical (unpaired) electrons. The van der Waals surface area contributed by atoms with E-state index >= 15 is 0 Å². The highest BCUT2D eigenvalue weighted by Crippen LogP contribution is 2.17. The molecule has 1 aliphatic heterocycles. The van der Waals surface area contributed by atoms with Crippen LogP contribution in [0, 0.1) is 6.92 Å². The Bertz CT molecular complexity index is 511. The molecule has 2 rings (SSSR count). The van der Waals surface area contributed by atoms with Gasteiger partial charge in [0.2, 0.25) is 5.91 Å². The number of piperazine rings is 1. The Morgan fingerprint density at radius 3 is 2.55 bits per heavy atom. The summed E-state index contributed by atoms with van der Waals surface area (Å²) in [5, 5.41) is 0. The van der Waals surface area contributed by atoms with Crippen LogP contribution in [0.1, 0.15) is 12.5 Å². The Labute approximate surface area is 121 Å². The van der Waals surface area contributed by atoms with Crippen LogP contribution in [-0.2, 0) is 4.79 Å². The first kappa shape index (κ1) is 14.4. The topological polar surface area (TPSA) is 23.6 Å². The van der Waals surface area contributed by atoms with Crippen LogP contribution in [0.2, 0.25) is 0 Å². The molecule has 3 heteroatoms. The van der Waals surface area contributed by atoms with Crippen molar-refractivity contribution in [2.75, 3.05) is 31.1 Å². The third-order valence-electron chi connectivity index (χ3n) is 3.50. The maximum atomic E-state index is 12.0. The molecule has 1 aromatic carbocycles. The fourth-order valence-corrected chi connectivity index (χ4v) is 2.36. The van der Waals surface area contributed by atoms with Crippen LogP contribution in [0.25, 0.3) is 0 Å². The normalized spacial score (nSPS) is 16.3. The van der Waals surface area contributed by atoms with Crippen molar-refractivity contribution in [1.82, 2.24) is 4.90 Å². The summed E-state index contributed by atoms with van der Waals surface area (Å²) in [5.74, 6) is 0.104. The summed E-state index contributed by atoms with van der Waals surface area (Å²) < 4.78 is 0. The molecule has 0 atom stereocenters. The molecule has 106 valence electrons. The van der Waals surface area contributed by atoms with Gasteiger partial charge in [0.05, 0.1) is 0 Å². The van der Waals surface area contributed by atoms with Crippen molar-refractivity contribution in [1.29, 1.82) is 0 Å². The molecule has 0 bridgehead atoms. The van der Waals surface area contributed by atoms with Gasteiger partial charge in [-0.25, -0.2) is 0 Å². The molecule has 0 spiro atoms. The van der Waals surface area contributed by atoms with Gasteiger partial charge < -0.3 is 9.80 Å². The monoisotopic (exact) mass is 270 g/mol. The fraction of sp³-hybridized carbons (Fsp3) is 0.353. The number of hydrogen-bond acceptors (Lipinski definition) is 2. The van der Waals surface area contributed by atoms with E-state index in [1.165, 1.54) is 11.3 Å². The van der Waals surface area contributed by atoms with Crippen molar-refractivity contribution in [2.24, 2.45) is 0 Å². The maximum absolute atomic E-state index is 12.0. The molecule has 1 heterocycles. The number of rotatable bonds is 3. The highest BCUT2D eigenvalue weighted by Gasteiger charge is 2.19. The predicted octanol–water partition coefficient (Wildman–Crippen LogP) is 2.78. The van der Waals surface area contributed by atoms with Crippen LogP contribution in [0.3, 0.4) is 0 Å². The van der Waals surface area contributed by atoms with Crippen molar-refractivity contribution in [2.45, 2.75) is 13.8 Å². The van der Waals surface area contributed by atoms with Crippen molar-refractivity contribution in [3.8, 4) is 0 Å². The van der Waals surface area contributed by atoms with E-state index in [0.717, 1.165) is 26.2 Å². The van der Waals surface area contributed by atoms with E-state index in [-0.39, 0.29) is 5.91 Å². The fourth-order valence-electron chi connectivity index (χ4n) is 2.36. The second-order valence-corrected chi connectivity index (χ2v) is 5.04. The number of anilines is 1. The zero-order valence-corrected chi connectivity index (χ0v) is 12.2. The molecule has 0 aromatic heterocycles. The molecule has 1 fully saturated rings. The Morgan fingerprint density at radius 2 is 1.90 bits per heavy atom. The molecule has 1 saturated heterocycles. The first-order valence-electron chi connectivity index (χ1n) is 7.10. The second-order valence-electron chi connectivity index (χ2n) is 5.04. The number of carbonyl (C=O) groups is 1. The quantitative estimate of drug-likeness (QED) is 0.623. The summed E-state index contributed by atoms with van der Waals surface area (Å²) in [6.07, 6.45) is 7.23. The van der Waals surface area contributed by atoms with Gasteiger partial charge in [-0.1, -0.05) is 30.4 Å². The molecule has 1 aromatic rings. The van der Waals surface area contributed by atoms with Crippen LogP contribution < -0.4 is 4.90 Å². The van der Waals surface area contributed by atoms with Gasteiger partial charge >= 0.3 is 0 Å². The van der Waals surface area contributed by atoms with Crippen LogP contribution in [0.15, 0.2) is 48.6 Å². The van der Waals surface area contributed by atoms with Crippen molar-refractivity contribution in [3.05, 3.63) is 54.1 Å². The van der Waals surface area contributed by atoms with Gasteiger partial charge in [-0.05, 0) is 31.5 Å². The molecule has 0 saturated carbocycles. The number of carbonyl (C=O) groups excluding carboxylic acids is 1. The lowest BCUT2D eigenvalue weighted by atomic mass is 10.2. The third kappa shape index (κ3) is 3.73. The second kappa shape index (κ2) is 6.94. The minimum Gasteiger partial charge on any atom is -0.368 e. The highest BCUT2D eigenvalue weighted by molar-refractivity contribution is 5.88. The molecule has 0 unspecified atom stereocenters. The van der Waals surface area contributed by atoms with E-state index in [1.54, 1.807) is 12.2 Å². The summed E-state index contributed by atoms with van der Waals surface area (Å²) in [6.45, 7) is 7.41. The van der Waals surface area contributed by atoms with Crippen molar-refractivity contribution in [3.63, 3.8) is 0 Å². The summed E-state index contributed by atoms with van der Waals surface area (Å²) in [5.41, 5.74) is 2.52. The Hall–Kier alpha value is -2.03. The van der Waals surface area contributed by atoms with Gasteiger partial charge in [0.15, 0.2) is 0 Å². The van der Waals surface area contributed by atoms with Gasteiger partial charge in [-0.3, -0.25) is 4.79 Å². The molecule has 0 aliphatic carbocycles. The minimum absolute atomic E-state index is 0.104. The molecular weight excluding hydrogens is 248 g/mol. The van der Waals surface area contributed by atoms with E-state index in [1.807, 2.05) is 24.0 Å². The summed E-state index contributed by atoms with van der Waals surface area (Å²) in [4.78, 5) is 16.2. The summed E-state index contributed by atoms with van der Waals surface area (Å²) >= 11 is 0. The third-order valence-corrected chi connectivity index (χ3v) is 3.50. The number of hydrogen-bond donors (Lipinski definition) is 0. The van der Waals surface area contributed by atoms with Crippen molar-refractivity contribution >= 4 is 11.6 Å². The number of allylic oxidation sites excluding steroid dienone is 3. The van der Waals surface area contributed by atoms with E-state index in [9.17, 15) is 4.79 Å². The van der Waals surface area contributed by atoms with Crippen molar-refractivity contribution < 1.29 is 4.79 Å². The van der Waals surface area contributed by atoms with Gasteiger partial charge in [-0.2, -0.15) is 0 Å². The predicted molar refractivity (Wildman–Crippen MR) is 83.9 cm³/mol. The average molecular weight is 270 g/mol. The van der Waals surface area contributed by atoms with Crippen LogP contribution in [0.4, 0.5) is 5.69 Å². The number of amides is 1. The first-order chi connectivity index (χ1) is 9.70. The molecule has 3 nitrogen and oxygen atoms in total. The van der Waals surface area contributed by atoms with Gasteiger partial charge in [0, 0.05) is 37.9 Å². The largest absolute Gasteiger partial charge is 0.368 e. The molecule has 1 amide bonds. The van der Waals surface area contributed by atoms with Gasteiger partial charge in [-0.15, -0.1) is 0 Å². The van der Waals surface area contributed by atoms with E-state index in [0.29, 0.717) is 0 Å². The zero-order valence-electron chi connectivity index (χ0n) is 12.2. The number of benzene rings is 1. The average Bonchev–Trinajstić information content (AvgIpc) is 2.47. The van der Waals surface area contributed by atoms with E-state index in [2.05, 4.69) is 36.1 Å². The standard InChI is InChI=1S/C17H22N2O/c1-3-4-5-9-17(20)19-12-10-18(11-13-19)16-8-6-7-15(2)14-16/h3-9,14H,10-13H2,1-2H3/b4-3+,9-5+. The van der Waals surface area contributed by atoms with Crippen LogP contribution in [-0.4, -0.2) is 37.0 Å². The highest BCUT2D eigenvalue weighted by atomic mass is 16.2. The van der Waals surface area contributed by atoms with E-state index in [4.69, 9.17) is 0 Å². The first-order valence-corrected chi connectivity index (χ1v) is 7.10. The Morgan fingerprint density at radius 1 is 1.15 bits per heavy atom.